The molecule has 1 aromatic rings. The van der Waals surface area contributed by atoms with Crippen molar-refractivity contribution in [2.75, 3.05) is 11.7 Å². The van der Waals surface area contributed by atoms with Crippen molar-refractivity contribution < 1.29 is 8.42 Å². The Labute approximate surface area is 87.5 Å². The molecule has 0 heterocycles. The maximum Gasteiger partial charge on any atom is 0.214 e. The predicted molar refractivity (Wildman–Crippen MR) is 57.4 cm³/mol. The van der Waals surface area contributed by atoms with Crippen LogP contribution in [0.4, 0.5) is 5.69 Å². The summed E-state index contributed by atoms with van der Waals surface area (Å²) in [5.41, 5.74) is 5.03. The van der Waals surface area contributed by atoms with E-state index in [1.807, 2.05) is 5.55 Å². The topological polar surface area (TPSA) is 58.5 Å². The molecule has 0 saturated heterocycles. The summed E-state index contributed by atoms with van der Waals surface area (Å²) in [5, 5.41) is 3.95. The largest absolute Gasteiger partial charge is 0.277 e. The second kappa shape index (κ2) is 4.43. The van der Waals surface area contributed by atoms with Crippen LogP contribution in [0.25, 0.3) is 0 Å². The maximum atomic E-state index is 10.6. The van der Waals surface area contributed by atoms with Crippen molar-refractivity contribution in [2.24, 2.45) is 5.10 Å². The standard InChI is InChI=1S/C8H8ClN2O2S/c1-14(12,13)6-10-11-8-4-2-3-7(9)5-8/h2-5,11H,1H3. The normalized spacial score (nSPS) is 11.9. The zero-order valence-corrected chi connectivity index (χ0v) is 8.93. The fraction of sp³-hybridized carbons (Fsp3) is 0.125. The van der Waals surface area contributed by atoms with Gasteiger partial charge < -0.3 is 0 Å². The predicted octanol–water partition coefficient (Wildman–Crippen LogP) is 1.62. The van der Waals surface area contributed by atoms with Crippen LogP contribution in [0, 0.1) is 0 Å². The molecule has 1 radical (unpaired) electrons. The van der Waals surface area contributed by atoms with E-state index in [0.29, 0.717) is 10.7 Å². The molecule has 1 aromatic carbocycles. The van der Waals surface area contributed by atoms with Gasteiger partial charge in [0.15, 0.2) is 9.84 Å². The number of hydrazone groups is 1. The first-order valence-corrected chi connectivity index (χ1v) is 5.92. The van der Waals surface area contributed by atoms with Gasteiger partial charge in [-0.2, -0.15) is 5.10 Å². The second-order valence-electron chi connectivity index (χ2n) is 2.60. The molecule has 1 N–H and O–H groups in total. The fourth-order valence-electron chi connectivity index (χ4n) is 0.728. The van der Waals surface area contributed by atoms with Crippen LogP contribution in [0.5, 0.6) is 0 Å². The van der Waals surface area contributed by atoms with Gasteiger partial charge in [0.1, 0.15) is 0 Å². The van der Waals surface area contributed by atoms with Crippen molar-refractivity contribution in [1.29, 1.82) is 0 Å². The fourth-order valence-corrected chi connectivity index (χ4v) is 1.13. The number of benzene rings is 1. The maximum absolute atomic E-state index is 10.6. The third-order valence-corrected chi connectivity index (χ3v) is 1.88. The van der Waals surface area contributed by atoms with E-state index in [1.54, 1.807) is 24.3 Å². The summed E-state index contributed by atoms with van der Waals surface area (Å²) in [7, 11) is -3.32. The number of halogens is 1. The SMILES string of the molecule is CS(=O)(=O)/[C]=N/Nc1cccc(Cl)c1. The minimum absolute atomic E-state index is 0.546. The van der Waals surface area contributed by atoms with E-state index >= 15 is 0 Å². The molecule has 0 aromatic heterocycles. The lowest BCUT2D eigenvalue weighted by Gasteiger charge is -1.98. The van der Waals surface area contributed by atoms with Crippen molar-refractivity contribution in [1.82, 2.24) is 0 Å². The van der Waals surface area contributed by atoms with Crippen molar-refractivity contribution in [3.63, 3.8) is 0 Å². The molecule has 0 aliphatic rings. The van der Waals surface area contributed by atoms with Crippen molar-refractivity contribution >= 4 is 32.7 Å². The number of nitrogens with zero attached hydrogens (tertiary/aromatic N) is 1. The Morgan fingerprint density at radius 2 is 2.21 bits per heavy atom. The molecule has 0 spiro atoms. The van der Waals surface area contributed by atoms with Crippen LogP contribution in [0.15, 0.2) is 29.4 Å². The van der Waals surface area contributed by atoms with Gasteiger partial charge in [-0.1, -0.05) is 17.7 Å². The van der Waals surface area contributed by atoms with Crippen LogP contribution in [0.3, 0.4) is 0 Å². The number of hydrogen-bond donors (Lipinski definition) is 1. The molecule has 1 rings (SSSR count). The van der Waals surface area contributed by atoms with E-state index in [0.717, 1.165) is 6.26 Å². The highest BCUT2D eigenvalue weighted by Gasteiger charge is 1.96. The zero-order chi connectivity index (χ0) is 10.6. The highest BCUT2D eigenvalue weighted by atomic mass is 35.5. The lowest BCUT2D eigenvalue weighted by atomic mass is 10.3. The Hall–Kier alpha value is -1.07. The average Bonchev–Trinajstić information content (AvgIpc) is 2.01. The van der Waals surface area contributed by atoms with E-state index in [1.165, 1.54) is 0 Å². The van der Waals surface area contributed by atoms with Gasteiger partial charge in [0, 0.05) is 11.3 Å². The van der Waals surface area contributed by atoms with Crippen LogP contribution < -0.4 is 5.43 Å². The molecule has 0 aliphatic heterocycles. The summed E-state index contributed by atoms with van der Waals surface area (Å²) in [6, 6.07) is 6.76. The van der Waals surface area contributed by atoms with E-state index in [9.17, 15) is 8.42 Å². The molecule has 14 heavy (non-hydrogen) atoms. The Morgan fingerprint density at radius 3 is 2.79 bits per heavy atom. The smallest absolute Gasteiger partial charge is 0.214 e. The van der Waals surface area contributed by atoms with Gasteiger partial charge in [-0.15, -0.1) is 0 Å². The number of hydrogen-bond acceptors (Lipinski definition) is 4. The molecular weight excluding hydrogens is 224 g/mol. The first kappa shape index (κ1) is 11.0. The number of rotatable bonds is 3. The first-order chi connectivity index (χ1) is 6.47. The highest BCUT2D eigenvalue weighted by molar-refractivity contribution is 8.03. The van der Waals surface area contributed by atoms with Gasteiger partial charge in [-0.3, -0.25) is 5.43 Å². The van der Waals surface area contributed by atoms with Gasteiger partial charge in [0.25, 0.3) is 0 Å². The van der Waals surface area contributed by atoms with Crippen molar-refractivity contribution in [3.05, 3.63) is 29.3 Å². The lowest BCUT2D eigenvalue weighted by molar-refractivity contribution is 0.613. The number of anilines is 1. The molecule has 4 nitrogen and oxygen atoms in total. The third kappa shape index (κ3) is 4.25. The van der Waals surface area contributed by atoms with E-state index in [4.69, 9.17) is 11.6 Å². The summed E-state index contributed by atoms with van der Waals surface area (Å²) < 4.78 is 21.2. The summed E-state index contributed by atoms with van der Waals surface area (Å²) in [4.78, 5) is 0. The zero-order valence-electron chi connectivity index (χ0n) is 7.36. The average molecular weight is 232 g/mol. The number of sulfone groups is 1. The van der Waals surface area contributed by atoms with Crippen LogP contribution in [-0.2, 0) is 9.84 Å². The molecule has 75 valence electrons. The van der Waals surface area contributed by atoms with Gasteiger partial charge in [0.2, 0.25) is 5.55 Å². The quantitative estimate of drug-likeness (QED) is 0.489. The van der Waals surface area contributed by atoms with Crippen molar-refractivity contribution in [2.45, 2.75) is 0 Å². The van der Waals surface area contributed by atoms with E-state index < -0.39 is 9.84 Å². The Kier molecular flexibility index (Phi) is 3.49. The first-order valence-electron chi connectivity index (χ1n) is 3.65. The lowest BCUT2D eigenvalue weighted by Crippen LogP contribution is -1.99. The monoisotopic (exact) mass is 231 g/mol. The molecule has 0 saturated carbocycles. The molecule has 0 bridgehead atoms. The molecule has 0 atom stereocenters. The van der Waals surface area contributed by atoms with Crippen molar-refractivity contribution in [3.8, 4) is 0 Å². The minimum Gasteiger partial charge on any atom is -0.277 e. The molecule has 0 amide bonds. The molecule has 0 unspecified atom stereocenters. The van der Waals surface area contributed by atoms with Gasteiger partial charge in [-0.05, 0) is 18.2 Å². The summed E-state index contributed by atoms with van der Waals surface area (Å²) >= 11 is 5.69. The molecular formula is C8H8ClN2O2S. The van der Waals surface area contributed by atoms with E-state index in [-0.39, 0.29) is 0 Å². The third-order valence-electron chi connectivity index (χ3n) is 1.22. The summed E-state index contributed by atoms with van der Waals surface area (Å²) in [5.74, 6) is 0. The Morgan fingerprint density at radius 1 is 1.50 bits per heavy atom. The highest BCUT2D eigenvalue weighted by Crippen LogP contribution is 2.14. The van der Waals surface area contributed by atoms with Gasteiger partial charge in [-0.25, -0.2) is 8.42 Å². The molecule has 6 heteroatoms. The van der Waals surface area contributed by atoms with Crippen LogP contribution in [0.2, 0.25) is 5.02 Å². The second-order valence-corrected chi connectivity index (χ2v) is 4.76. The minimum atomic E-state index is -3.32. The van der Waals surface area contributed by atoms with Crippen LogP contribution >= 0.6 is 11.6 Å². The van der Waals surface area contributed by atoms with Crippen LogP contribution in [0.1, 0.15) is 0 Å². The van der Waals surface area contributed by atoms with Crippen LogP contribution in [-0.4, -0.2) is 20.2 Å². The summed E-state index contributed by atoms with van der Waals surface area (Å²) in [6.07, 6.45) is 1.01. The Balaban J connectivity index is 2.67. The van der Waals surface area contributed by atoms with Gasteiger partial charge >= 0.3 is 0 Å². The molecule has 0 aliphatic carbocycles. The van der Waals surface area contributed by atoms with Gasteiger partial charge in [0.05, 0.1) is 5.69 Å². The molecule has 0 fully saturated rings. The summed E-state index contributed by atoms with van der Waals surface area (Å²) in [6.45, 7) is 0. The number of nitrogens with one attached hydrogen (secondary N) is 1. The Bertz CT molecular complexity index is 442. The van der Waals surface area contributed by atoms with E-state index in [2.05, 4.69) is 10.5 Å².